The number of hydrogen-bond acceptors (Lipinski definition) is 3. The van der Waals surface area contributed by atoms with Crippen molar-refractivity contribution < 1.29 is 18.3 Å². The van der Waals surface area contributed by atoms with Crippen LogP contribution in [0.5, 0.6) is 5.75 Å². The molecular formula is C21H32F2N2O2. The molecule has 152 valence electrons. The molecular weight excluding hydrogens is 350 g/mol. The summed E-state index contributed by atoms with van der Waals surface area (Å²) in [4.78, 5) is 16.0. The van der Waals surface area contributed by atoms with Crippen molar-refractivity contribution in [1.29, 1.82) is 0 Å². The van der Waals surface area contributed by atoms with Gasteiger partial charge in [-0.05, 0) is 6.42 Å². The molecule has 1 fully saturated rings. The average Bonchev–Trinajstić information content (AvgIpc) is 2.68. The Morgan fingerprint density at radius 2 is 1.59 bits per heavy atom. The Morgan fingerprint density at radius 1 is 0.963 bits per heavy atom. The van der Waals surface area contributed by atoms with Crippen LogP contribution in [0.3, 0.4) is 0 Å². The molecule has 1 heterocycles. The highest BCUT2D eigenvalue weighted by Gasteiger charge is 2.23. The summed E-state index contributed by atoms with van der Waals surface area (Å²) in [6, 6.07) is 2.24. The number of carbonyl (C=O) groups is 1. The first kappa shape index (κ1) is 21.5. The van der Waals surface area contributed by atoms with E-state index in [1.165, 1.54) is 45.3 Å². The van der Waals surface area contributed by atoms with Gasteiger partial charge < -0.3 is 14.5 Å². The molecule has 1 saturated heterocycles. The zero-order chi connectivity index (χ0) is 19.6. The predicted molar refractivity (Wildman–Crippen MR) is 104 cm³/mol. The van der Waals surface area contributed by atoms with Crippen molar-refractivity contribution in [2.45, 2.75) is 58.3 Å². The molecule has 0 saturated carbocycles. The predicted octanol–water partition coefficient (Wildman–Crippen LogP) is 4.76. The van der Waals surface area contributed by atoms with Gasteiger partial charge in [-0.15, -0.1) is 0 Å². The van der Waals surface area contributed by atoms with Crippen molar-refractivity contribution >= 4 is 11.6 Å². The van der Waals surface area contributed by atoms with Gasteiger partial charge in [0.15, 0.2) is 11.6 Å². The summed E-state index contributed by atoms with van der Waals surface area (Å²) < 4.78 is 32.9. The van der Waals surface area contributed by atoms with E-state index in [1.54, 1.807) is 4.90 Å². The summed E-state index contributed by atoms with van der Waals surface area (Å²) in [5.74, 6) is -1.01. The Labute approximate surface area is 161 Å². The maximum absolute atomic E-state index is 14.2. The van der Waals surface area contributed by atoms with Crippen LogP contribution < -0.4 is 9.64 Å². The number of unbranched alkanes of at least 4 members (excludes halogenated alkanes) is 6. The third-order valence-electron chi connectivity index (χ3n) is 5.19. The lowest BCUT2D eigenvalue weighted by Crippen LogP contribution is -2.49. The molecule has 6 heteroatoms. The van der Waals surface area contributed by atoms with Crippen LogP contribution in [0.2, 0.25) is 0 Å². The van der Waals surface area contributed by atoms with Crippen LogP contribution >= 0.6 is 0 Å². The molecule has 4 nitrogen and oxygen atoms in total. The average molecular weight is 382 g/mol. The van der Waals surface area contributed by atoms with Crippen molar-refractivity contribution in [2.75, 3.05) is 38.2 Å². The highest BCUT2D eigenvalue weighted by Crippen LogP contribution is 2.28. The largest absolute Gasteiger partial charge is 0.494 e. The van der Waals surface area contributed by atoms with Crippen molar-refractivity contribution in [3.05, 3.63) is 23.8 Å². The molecule has 1 aromatic carbocycles. The number of halogens is 2. The minimum absolute atomic E-state index is 0.0974. The van der Waals surface area contributed by atoms with Crippen molar-refractivity contribution in [3.63, 3.8) is 0 Å². The summed E-state index contributed by atoms with van der Waals surface area (Å²) >= 11 is 0. The van der Waals surface area contributed by atoms with E-state index in [2.05, 4.69) is 6.92 Å². The van der Waals surface area contributed by atoms with E-state index in [1.807, 2.05) is 4.90 Å². The minimum Gasteiger partial charge on any atom is -0.494 e. The Morgan fingerprint density at radius 3 is 2.22 bits per heavy atom. The van der Waals surface area contributed by atoms with Gasteiger partial charge in [-0.3, -0.25) is 4.79 Å². The van der Waals surface area contributed by atoms with E-state index in [4.69, 9.17) is 4.74 Å². The summed E-state index contributed by atoms with van der Waals surface area (Å²) in [6.07, 6.45) is 8.90. The number of piperazine rings is 1. The summed E-state index contributed by atoms with van der Waals surface area (Å²) in [5, 5.41) is 0. The van der Waals surface area contributed by atoms with Gasteiger partial charge in [0, 0.05) is 44.7 Å². The lowest BCUT2D eigenvalue weighted by molar-refractivity contribution is -0.131. The van der Waals surface area contributed by atoms with E-state index in [9.17, 15) is 13.6 Å². The van der Waals surface area contributed by atoms with Gasteiger partial charge in [0.2, 0.25) is 5.91 Å². The summed E-state index contributed by atoms with van der Waals surface area (Å²) in [7, 11) is 1.31. The molecule has 0 bridgehead atoms. The van der Waals surface area contributed by atoms with Crippen LogP contribution in [0.15, 0.2) is 12.1 Å². The van der Waals surface area contributed by atoms with Gasteiger partial charge >= 0.3 is 0 Å². The van der Waals surface area contributed by atoms with Crippen LogP contribution in [0.1, 0.15) is 58.3 Å². The van der Waals surface area contributed by atoms with Crippen molar-refractivity contribution in [2.24, 2.45) is 0 Å². The van der Waals surface area contributed by atoms with E-state index in [0.717, 1.165) is 18.9 Å². The molecule has 1 aliphatic heterocycles. The molecule has 0 atom stereocenters. The molecule has 0 radical (unpaired) electrons. The second-order valence-electron chi connectivity index (χ2n) is 7.18. The topological polar surface area (TPSA) is 32.8 Å². The maximum atomic E-state index is 14.2. The number of benzene rings is 1. The van der Waals surface area contributed by atoms with Crippen LogP contribution in [-0.4, -0.2) is 44.1 Å². The normalized spacial score (nSPS) is 14.5. The first-order valence-electron chi connectivity index (χ1n) is 10.1. The number of anilines is 1. The Kier molecular flexibility index (Phi) is 8.82. The number of nitrogens with zero attached hydrogens (tertiary/aromatic N) is 2. The van der Waals surface area contributed by atoms with Gasteiger partial charge in [-0.1, -0.05) is 45.4 Å². The number of hydrogen-bond donors (Lipinski definition) is 0. The third-order valence-corrected chi connectivity index (χ3v) is 5.19. The van der Waals surface area contributed by atoms with Crippen LogP contribution in [0, 0.1) is 11.6 Å². The zero-order valence-electron chi connectivity index (χ0n) is 16.6. The molecule has 0 spiro atoms. The third kappa shape index (κ3) is 6.36. The van der Waals surface area contributed by atoms with Gasteiger partial charge in [0.1, 0.15) is 5.82 Å². The molecule has 27 heavy (non-hydrogen) atoms. The van der Waals surface area contributed by atoms with Gasteiger partial charge in [-0.2, -0.15) is 0 Å². The number of amides is 1. The second-order valence-corrected chi connectivity index (χ2v) is 7.18. The first-order chi connectivity index (χ1) is 13.1. The van der Waals surface area contributed by atoms with Gasteiger partial charge in [0.25, 0.3) is 0 Å². The van der Waals surface area contributed by atoms with Gasteiger partial charge in [0.05, 0.1) is 12.8 Å². The monoisotopic (exact) mass is 382 g/mol. The fourth-order valence-corrected chi connectivity index (χ4v) is 3.51. The molecule has 1 aromatic rings. The first-order valence-corrected chi connectivity index (χ1v) is 10.1. The molecule has 0 unspecified atom stereocenters. The zero-order valence-corrected chi connectivity index (χ0v) is 16.6. The van der Waals surface area contributed by atoms with E-state index in [-0.39, 0.29) is 17.3 Å². The Balaban J connectivity index is 1.73. The van der Waals surface area contributed by atoms with Crippen LogP contribution in [0.25, 0.3) is 0 Å². The molecule has 2 rings (SSSR count). The quantitative estimate of drug-likeness (QED) is 0.547. The van der Waals surface area contributed by atoms with Crippen molar-refractivity contribution in [1.82, 2.24) is 4.90 Å². The minimum atomic E-state index is -0.577. The highest BCUT2D eigenvalue weighted by atomic mass is 19.1. The molecule has 0 aromatic heterocycles. The van der Waals surface area contributed by atoms with Crippen LogP contribution in [0.4, 0.5) is 14.5 Å². The standard InChI is InChI=1S/C21H32F2N2O2/c1-3-4-5-6-7-8-9-10-21(26)25-13-11-24(12-14-25)19-15-18(23)20(27-2)16-17(19)22/h15-16H,3-14H2,1-2H3. The SMILES string of the molecule is CCCCCCCCCC(=O)N1CCN(c2cc(F)c(OC)cc2F)CC1. The van der Waals surface area contributed by atoms with Gasteiger partial charge in [-0.25, -0.2) is 8.78 Å². The number of ether oxygens (including phenoxy) is 1. The smallest absolute Gasteiger partial charge is 0.222 e. The summed E-state index contributed by atoms with van der Waals surface area (Å²) in [6.45, 7) is 4.31. The lowest BCUT2D eigenvalue weighted by atomic mass is 10.1. The summed E-state index contributed by atoms with van der Waals surface area (Å²) in [5.41, 5.74) is 0.229. The fourth-order valence-electron chi connectivity index (χ4n) is 3.51. The molecule has 1 amide bonds. The maximum Gasteiger partial charge on any atom is 0.222 e. The molecule has 1 aliphatic rings. The highest BCUT2D eigenvalue weighted by molar-refractivity contribution is 5.76. The molecule has 0 N–H and O–H groups in total. The van der Waals surface area contributed by atoms with Crippen LogP contribution in [-0.2, 0) is 4.79 Å². The molecule has 0 aliphatic carbocycles. The van der Waals surface area contributed by atoms with Crippen molar-refractivity contribution in [3.8, 4) is 5.75 Å². The van der Waals surface area contributed by atoms with E-state index >= 15 is 0 Å². The lowest BCUT2D eigenvalue weighted by Gasteiger charge is -2.36. The number of methoxy groups -OCH3 is 1. The Bertz CT molecular complexity index is 602. The Hall–Kier alpha value is -1.85. The fraction of sp³-hybridized carbons (Fsp3) is 0.667. The van der Waals surface area contributed by atoms with E-state index < -0.39 is 11.6 Å². The number of carbonyl (C=O) groups excluding carboxylic acids is 1. The number of rotatable bonds is 10. The van der Waals surface area contributed by atoms with E-state index in [0.29, 0.717) is 32.6 Å². The second kappa shape index (κ2) is 11.1.